The smallest absolute Gasteiger partial charge is 0.0467 e. The highest BCUT2D eigenvalue weighted by Crippen LogP contribution is 2.39. The average Bonchev–Trinajstić information content (AvgIpc) is 2.34. The van der Waals surface area contributed by atoms with Crippen LogP contribution in [0.3, 0.4) is 0 Å². The number of hydrogen-bond acceptors (Lipinski definition) is 2. The van der Waals surface area contributed by atoms with Crippen molar-refractivity contribution in [1.82, 2.24) is 0 Å². The van der Waals surface area contributed by atoms with Gasteiger partial charge in [0.15, 0.2) is 0 Å². The zero-order valence-electron chi connectivity index (χ0n) is 10.3. The molecule has 0 aromatic heterocycles. The van der Waals surface area contributed by atoms with Crippen LogP contribution in [0, 0.1) is 5.92 Å². The van der Waals surface area contributed by atoms with Crippen molar-refractivity contribution in [3.8, 4) is 0 Å². The zero-order valence-corrected chi connectivity index (χ0v) is 11.9. The first-order chi connectivity index (χ1) is 8.19. The van der Waals surface area contributed by atoms with E-state index in [1.54, 1.807) is 0 Å². The summed E-state index contributed by atoms with van der Waals surface area (Å²) in [5.74, 6) is 0.953. The molecule has 1 aromatic rings. The van der Waals surface area contributed by atoms with Gasteiger partial charge in [0.05, 0.1) is 0 Å². The number of anilines is 1. The highest BCUT2D eigenvalue weighted by molar-refractivity contribution is 8.00. The molecule has 2 rings (SSSR count). The van der Waals surface area contributed by atoms with Crippen LogP contribution in [0.5, 0.6) is 0 Å². The van der Waals surface area contributed by atoms with Gasteiger partial charge in [0.25, 0.3) is 0 Å². The summed E-state index contributed by atoms with van der Waals surface area (Å²) in [5, 5.41) is 1.46. The molecule has 1 fully saturated rings. The van der Waals surface area contributed by atoms with Crippen LogP contribution in [0.15, 0.2) is 23.1 Å². The number of nitrogens with two attached hydrogens (primary N) is 1. The maximum Gasteiger partial charge on any atom is 0.0467 e. The van der Waals surface area contributed by atoms with Gasteiger partial charge >= 0.3 is 0 Å². The Labute approximate surface area is 113 Å². The van der Waals surface area contributed by atoms with E-state index in [-0.39, 0.29) is 0 Å². The van der Waals surface area contributed by atoms with Gasteiger partial charge in [-0.1, -0.05) is 24.9 Å². The lowest BCUT2D eigenvalue weighted by Gasteiger charge is -2.27. The molecular weight excluding hydrogens is 250 g/mol. The molecule has 0 radical (unpaired) electrons. The second-order valence-corrected chi connectivity index (χ2v) is 6.63. The Kier molecular flexibility index (Phi) is 4.63. The molecule has 3 heteroatoms. The van der Waals surface area contributed by atoms with Crippen molar-refractivity contribution >= 4 is 29.1 Å². The summed E-state index contributed by atoms with van der Waals surface area (Å²) in [5.41, 5.74) is 6.81. The van der Waals surface area contributed by atoms with E-state index in [4.69, 9.17) is 17.3 Å². The Bertz CT molecular complexity index is 372. The molecule has 1 nitrogen and oxygen atoms in total. The van der Waals surface area contributed by atoms with Gasteiger partial charge < -0.3 is 5.73 Å². The second kappa shape index (κ2) is 6.01. The third-order valence-corrected chi connectivity index (χ3v) is 5.30. The second-order valence-electron chi connectivity index (χ2n) is 4.85. The van der Waals surface area contributed by atoms with Gasteiger partial charge in [-0.2, -0.15) is 0 Å². The molecular formula is C14H20ClNS. The van der Waals surface area contributed by atoms with Crippen LogP contribution in [0.4, 0.5) is 5.69 Å². The van der Waals surface area contributed by atoms with Crippen molar-refractivity contribution in [3.05, 3.63) is 23.2 Å². The van der Waals surface area contributed by atoms with Crippen molar-refractivity contribution in [2.75, 3.05) is 5.73 Å². The summed E-state index contributed by atoms with van der Waals surface area (Å²) >= 11 is 7.84. The van der Waals surface area contributed by atoms with E-state index >= 15 is 0 Å². The third-order valence-electron chi connectivity index (χ3n) is 3.64. The molecule has 0 saturated heterocycles. The fourth-order valence-electron chi connectivity index (χ4n) is 2.46. The fraction of sp³-hybridized carbons (Fsp3) is 0.571. The van der Waals surface area contributed by atoms with Crippen molar-refractivity contribution < 1.29 is 0 Å². The van der Waals surface area contributed by atoms with Gasteiger partial charge in [-0.05, 0) is 49.8 Å². The monoisotopic (exact) mass is 269 g/mol. The van der Waals surface area contributed by atoms with Crippen molar-refractivity contribution in [2.24, 2.45) is 5.92 Å². The Morgan fingerprint density at radius 3 is 2.59 bits per heavy atom. The molecule has 0 amide bonds. The highest BCUT2D eigenvalue weighted by atomic mass is 35.5. The Morgan fingerprint density at radius 1 is 1.29 bits per heavy atom. The molecule has 17 heavy (non-hydrogen) atoms. The van der Waals surface area contributed by atoms with Crippen LogP contribution in [0.1, 0.15) is 39.0 Å². The van der Waals surface area contributed by atoms with Crippen LogP contribution in [-0.4, -0.2) is 5.25 Å². The van der Waals surface area contributed by atoms with Crippen LogP contribution in [0.25, 0.3) is 0 Å². The lowest BCUT2D eigenvalue weighted by molar-refractivity contribution is 0.356. The first kappa shape index (κ1) is 13.1. The van der Waals surface area contributed by atoms with Gasteiger partial charge in [-0.15, -0.1) is 11.8 Å². The summed E-state index contributed by atoms with van der Waals surface area (Å²) in [6, 6.07) is 5.83. The lowest BCUT2D eigenvalue weighted by atomic mass is 9.87. The maximum absolute atomic E-state index is 5.99. The number of benzene rings is 1. The van der Waals surface area contributed by atoms with Crippen LogP contribution >= 0.6 is 23.4 Å². The summed E-state index contributed by atoms with van der Waals surface area (Å²) in [7, 11) is 0. The van der Waals surface area contributed by atoms with Gasteiger partial charge in [-0.25, -0.2) is 0 Å². The van der Waals surface area contributed by atoms with E-state index in [9.17, 15) is 0 Å². The molecule has 0 atom stereocenters. The van der Waals surface area contributed by atoms with E-state index in [0.717, 1.165) is 21.9 Å². The molecule has 94 valence electrons. The summed E-state index contributed by atoms with van der Waals surface area (Å²) in [6.45, 7) is 2.30. The standard InChI is InChI=1S/C14H20ClNS/c1-2-10-3-6-12(7-4-10)17-14-8-5-11(15)9-13(14)16/h5,8-10,12H,2-4,6-7,16H2,1H3. The summed E-state index contributed by atoms with van der Waals surface area (Å²) in [4.78, 5) is 1.19. The molecule has 0 heterocycles. The van der Waals surface area contributed by atoms with Crippen molar-refractivity contribution in [3.63, 3.8) is 0 Å². The van der Waals surface area contributed by atoms with E-state index in [1.165, 1.54) is 37.0 Å². The predicted octanol–water partition coefficient (Wildman–Crippen LogP) is 4.98. The predicted molar refractivity (Wildman–Crippen MR) is 77.8 cm³/mol. The van der Waals surface area contributed by atoms with Gasteiger partial charge in [0.1, 0.15) is 0 Å². The van der Waals surface area contributed by atoms with Crippen LogP contribution in [0.2, 0.25) is 5.02 Å². The Morgan fingerprint density at radius 2 is 2.00 bits per heavy atom. The summed E-state index contributed by atoms with van der Waals surface area (Å²) < 4.78 is 0. The molecule has 0 bridgehead atoms. The number of thioether (sulfide) groups is 1. The van der Waals surface area contributed by atoms with Crippen molar-refractivity contribution in [1.29, 1.82) is 0 Å². The molecule has 1 saturated carbocycles. The van der Waals surface area contributed by atoms with E-state index in [1.807, 2.05) is 30.0 Å². The minimum Gasteiger partial charge on any atom is -0.398 e. The van der Waals surface area contributed by atoms with Crippen LogP contribution in [-0.2, 0) is 0 Å². The van der Waals surface area contributed by atoms with E-state index < -0.39 is 0 Å². The van der Waals surface area contributed by atoms with Gasteiger partial charge in [0.2, 0.25) is 0 Å². The molecule has 1 aliphatic rings. The minimum atomic E-state index is 0.724. The first-order valence-electron chi connectivity index (χ1n) is 6.40. The van der Waals surface area contributed by atoms with Gasteiger partial charge in [-0.3, -0.25) is 0 Å². The molecule has 2 N–H and O–H groups in total. The Balaban J connectivity index is 1.93. The number of nitrogen functional groups attached to an aromatic ring is 1. The Hall–Kier alpha value is -0.340. The highest BCUT2D eigenvalue weighted by Gasteiger charge is 2.21. The number of halogens is 1. The topological polar surface area (TPSA) is 26.0 Å². The maximum atomic E-state index is 5.99. The van der Waals surface area contributed by atoms with Gasteiger partial charge in [0, 0.05) is 20.9 Å². The number of hydrogen-bond donors (Lipinski definition) is 1. The fourth-order valence-corrected chi connectivity index (χ4v) is 3.85. The minimum absolute atomic E-state index is 0.724. The lowest BCUT2D eigenvalue weighted by Crippen LogP contribution is -2.15. The number of rotatable bonds is 3. The molecule has 1 aromatic carbocycles. The normalized spacial score (nSPS) is 24.8. The largest absolute Gasteiger partial charge is 0.398 e. The molecule has 1 aliphatic carbocycles. The SMILES string of the molecule is CCC1CCC(Sc2ccc(Cl)cc2N)CC1. The van der Waals surface area contributed by atoms with Crippen LogP contribution < -0.4 is 5.73 Å². The zero-order chi connectivity index (χ0) is 12.3. The average molecular weight is 270 g/mol. The summed E-state index contributed by atoms with van der Waals surface area (Å²) in [6.07, 6.45) is 6.74. The molecule has 0 spiro atoms. The molecule has 0 aliphatic heterocycles. The third kappa shape index (κ3) is 3.56. The first-order valence-corrected chi connectivity index (χ1v) is 7.66. The molecule has 0 unspecified atom stereocenters. The van der Waals surface area contributed by atoms with E-state index in [2.05, 4.69) is 6.92 Å². The van der Waals surface area contributed by atoms with Crippen molar-refractivity contribution in [2.45, 2.75) is 49.2 Å². The van der Waals surface area contributed by atoms with E-state index in [0.29, 0.717) is 0 Å². The quantitative estimate of drug-likeness (QED) is 0.783.